The van der Waals surface area contributed by atoms with Gasteiger partial charge in [0.15, 0.2) is 6.10 Å². The zero-order valence-corrected chi connectivity index (χ0v) is 51.4. The Kier molecular flexibility index (Phi) is 62.7. The van der Waals surface area contributed by atoms with Gasteiger partial charge in [-0.3, -0.25) is 14.4 Å². The van der Waals surface area contributed by atoms with Crippen molar-refractivity contribution in [3.8, 4) is 0 Å². The Labute approximate surface area is 483 Å². The van der Waals surface area contributed by atoms with Crippen molar-refractivity contribution in [2.24, 2.45) is 0 Å². The Morgan fingerprint density at radius 1 is 0.269 bits per heavy atom. The topological polar surface area (TPSA) is 78.9 Å². The van der Waals surface area contributed by atoms with Crippen molar-refractivity contribution in [1.29, 1.82) is 0 Å². The maximum atomic E-state index is 12.8. The lowest BCUT2D eigenvalue weighted by Crippen LogP contribution is -2.30. The smallest absolute Gasteiger partial charge is 0.306 e. The van der Waals surface area contributed by atoms with E-state index in [0.29, 0.717) is 19.3 Å². The highest BCUT2D eigenvalue weighted by Crippen LogP contribution is 2.17. The molecule has 0 aromatic heterocycles. The number of rotatable bonds is 60. The molecule has 6 nitrogen and oxygen atoms in total. The van der Waals surface area contributed by atoms with Crippen LogP contribution in [0.3, 0.4) is 0 Å². The lowest BCUT2D eigenvalue weighted by Gasteiger charge is -2.18. The van der Waals surface area contributed by atoms with Gasteiger partial charge in [0.1, 0.15) is 13.2 Å². The average molecular weight is 1090 g/mol. The molecule has 0 saturated carbocycles. The van der Waals surface area contributed by atoms with Crippen molar-refractivity contribution in [2.75, 3.05) is 13.2 Å². The molecule has 0 aliphatic heterocycles. The van der Waals surface area contributed by atoms with Crippen molar-refractivity contribution >= 4 is 17.9 Å². The predicted octanol–water partition coefficient (Wildman–Crippen LogP) is 22.8. The van der Waals surface area contributed by atoms with E-state index < -0.39 is 6.10 Å². The SMILES string of the molecule is CC/C=C\C/C=C\C/C=C\C/C=C\C/C=C\C/C=C\CCCCCCCCCCCCCCCCCCC(=O)OCC(COC(=O)CCCCCCCCC)OC(=O)CCCCCCCCC/C=C\C/C=C\CCCCCC. The predicted molar refractivity (Wildman–Crippen MR) is 339 cm³/mol. The molecule has 0 aliphatic rings. The number of esters is 3. The number of hydrogen-bond donors (Lipinski definition) is 0. The maximum absolute atomic E-state index is 12.8. The van der Waals surface area contributed by atoms with E-state index in [1.54, 1.807) is 0 Å². The highest BCUT2D eigenvalue weighted by atomic mass is 16.6. The fourth-order valence-electron chi connectivity index (χ4n) is 9.36. The summed E-state index contributed by atoms with van der Waals surface area (Å²) in [7, 11) is 0. The molecule has 0 spiro atoms. The van der Waals surface area contributed by atoms with Crippen molar-refractivity contribution in [3.05, 3.63) is 97.2 Å². The summed E-state index contributed by atoms with van der Waals surface area (Å²) in [4.78, 5) is 38.1. The molecule has 0 radical (unpaired) electrons. The number of hydrogen-bond acceptors (Lipinski definition) is 6. The Morgan fingerprint density at radius 2 is 0.500 bits per heavy atom. The molecule has 0 amide bonds. The zero-order chi connectivity index (χ0) is 56.4. The van der Waals surface area contributed by atoms with Gasteiger partial charge in [-0.1, -0.05) is 298 Å². The molecule has 0 bridgehead atoms. The molecule has 0 saturated heterocycles. The third-order valence-corrected chi connectivity index (χ3v) is 14.3. The first-order valence-corrected chi connectivity index (χ1v) is 33.2. The molecule has 448 valence electrons. The molecule has 0 N–H and O–H groups in total. The van der Waals surface area contributed by atoms with Crippen LogP contribution in [0.5, 0.6) is 0 Å². The molecule has 0 aromatic carbocycles. The minimum atomic E-state index is -0.777. The fourth-order valence-corrected chi connectivity index (χ4v) is 9.36. The Hall–Kier alpha value is -3.67. The van der Waals surface area contributed by atoms with Crippen LogP contribution >= 0.6 is 0 Å². The van der Waals surface area contributed by atoms with Crippen molar-refractivity contribution < 1.29 is 28.6 Å². The van der Waals surface area contributed by atoms with E-state index in [2.05, 4.69) is 118 Å². The first-order valence-electron chi connectivity index (χ1n) is 33.2. The van der Waals surface area contributed by atoms with E-state index in [1.807, 2.05) is 0 Å². The summed E-state index contributed by atoms with van der Waals surface area (Å²) in [5, 5.41) is 0. The van der Waals surface area contributed by atoms with Gasteiger partial charge in [-0.2, -0.15) is 0 Å². The number of carbonyl (C=O) groups is 3. The van der Waals surface area contributed by atoms with Gasteiger partial charge < -0.3 is 14.2 Å². The van der Waals surface area contributed by atoms with Gasteiger partial charge >= 0.3 is 17.9 Å². The molecule has 6 heteroatoms. The van der Waals surface area contributed by atoms with E-state index in [4.69, 9.17) is 14.2 Å². The second-order valence-corrected chi connectivity index (χ2v) is 22.0. The average Bonchev–Trinajstić information content (AvgIpc) is 3.44. The first kappa shape index (κ1) is 74.3. The number of allylic oxidation sites excluding steroid dienone is 16. The lowest BCUT2D eigenvalue weighted by atomic mass is 10.0. The molecule has 1 unspecified atom stereocenters. The van der Waals surface area contributed by atoms with Crippen molar-refractivity contribution in [1.82, 2.24) is 0 Å². The summed E-state index contributed by atoms with van der Waals surface area (Å²) in [6.45, 7) is 6.49. The van der Waals surface area contributed by atoms with Gasteiger partial charge in [0.05, 0.1) is 0 Å². The van der Waals surface area contributed by atoms with Crippen molar-refractivity contribution in [2.45, 2.75) is 329 Å². The van der Waals surface area contributed by atoms with Crippen LogP contribution in [0.4, 0.5) is 0 Å². The third-order valence-electron chi connectivity index (χ3n) is 14.3. The van der Waals surface area contributed by atoms with Crippen LogP contribution in [0.25, 0.3) is 0 Å². The van der Waals surface area contributed by atoms with Crippen LogP contribution < -0.4 is 0 Å². The molecular weight excluding hydrogens is 961 g/mol. The van der Waals surface area contributed by atoms with E-state index in [-0.39, 0.29) is 31.1 Å². The summed E-state index contributed by atoms with van der Waals surface area (Å²) in [6.07, 6.45) is 88.8. The van der Waals surface area contributed by atoms with Gasteiger partial charge in [-0.25, -0.2) is 0 Å². The molecule has 1 atom stereocenters. The number of ether oxygens (including phenoxy) is 3. The van der Waals surface area contributed by atoms with Crippen LogP contribution in [-0.2, 0) is 28.6 Å². The highest BCUT2D eigenvalue weighted by Gasteiger charge is 2.19. The summed E-state index contributed by atoms with van der Waals surface area (Å²) < 4.78 is 16.8. The second-order valence-electron chi connectivity index (χ2n) is 22.0. The van der Waals surface area contributed by atoms with Crippen LogP contribution in [-0.4, -0.2) is 37.2 Å². The second kappa shape index (κ2) is 65.8. The Bertz CT molecular complexity index is 1530. The Morgan fingerprint density at radius 3 is 0.795 bits per heavy atom. The van der Waals surface area contributed by atoms with Crippen LogP contribution in [0.2, 0.25) is 0 Å². The normalized spacial score (nSPS) is 12.7. The molecule has 78 heavy (non-hydrogen) atoms. The minimum Gasteiger partial charge on any atom is -0.462 e. The summed E-state index contributed by atoms with van der Waals surface area (Å²) >= 11 is 0. The van der Waals surface area contributed by atoms with Gasteiger partial charge in [0.25, 0.3) is 0 Å². The summed E-state index contributed by atoms with van der Waals surface area (Å²) in [5.74, 6) is -0.880. The van der Waals surface area contributed by atoms with Crippen LogP contribution in [0, 0.1) is 0 Å². The van der Waals surface area contributed by atoms with Gasteiger partial charge in [0.2, 0.25) is 0 Å². The molecule has 0 rings (SSSR count). The number of carbonyl (C=O) groups excluding carboxylic acids is 3. The third kappa shape index (κ3) is 63.2. The van der Waals surface area contributed by atoms with E-state index in [9.17, 15) is 14.4 Å². The van der Waals surface area contributed by atoms with E-state index >= 15 is 0 Å². The standard InChI is InChI=1S/C72H124O6/c1-4-7-10-13-16-18-20-22-24-26-28-29-30-31-32-33-34-35-36-37-38-39-40-41-42-43-44-46-47-49-51-53-56-59-62-65-71(74)77-68-69(67-76-70(73)64-61-58-55-15-12-9-6-3)78-72(75)66-63-60-57-54-52-50-48-45-27-25-23-21-19-17-14-11-8-5-2/h7,10,16,18-19,21-22,24-25,27-29,31-32,34-35,69H,4-6,8-9,11-15,17,20,23,26,30,33,36-68H2,1-3H3/b10-7-,18-16-,21-19-,24-22-,27-25-,29-28-,32-31-,35-34-. The highest BCUT2D eigenvalue weighted by molar-refractivity contribution is 5.71. The Balaban J connectivity index is 4.03. The van der Waals surface area contributed by atoms with Gasteiger partial charge in [0, 0.05) is 19.3 Å². The largest absolute Gasteiger partial charge is 0.462 e. The minimum absolute atomic E-state index is 0.0767. The van der Waals surface area contributed by atoms with Crippen LogP contribution in [0.1, 0.15) is 323 Å². The van der Waals surface area contributed by atoms with Crippen molar-refractivity contribution in [3.63, 3.8) is 0 Å². The quantitative estimate of drug-likeness (QED) is 0.0261. The fraction of sp³-hybridized carbons (Fsp3) is 0.736. The van der Waals surface area contributed by atoms with Gasteiger partial charge in [-0.05, 0) is 103 Å². The molecule has 0 aliphatic carbocycles. The van der Waals surface area contributed by atoms with Crippen LogP contribution in [0.15, 0.2) is 97.2 Å². The summed E-state index contributed by atoms with van der Waals surface area (Å²) in [6, 6.07) is 0. The van der Waals surface area contributed by atoms with E-state index in [1.165, 1.54) is 173 Å². The monoisotopic (exact) mass is 1080 g/mol. The molecule has 0 heterocycles. The first-order chi connectivity index (χ1) is 38.5. The maximum Gasteiger partial charge on any atom is 0.306 e. The lowest BCUT2D eigenvalue weighted by molar-refractivity contribution is -0.167. The van der Waals surface area contributed by atoms with Gasteiger partial charge in [-0.15, -0.1) is 0 Å². The molecule has 0 fully saturated rings. The zero-order valence-electron chi connectivity index (χ0n) is 51.4. The molecule has 0 aromatic rings. The molecular formula is C72H124O6. The summed E-state index contributed by atoms with van der Waals surface area (Å²) in [5.41, 5.74) is 0. The number of unbranched alkanes of at least 4 members (excludes halogenated alkanes) is 33. The van der Waals surface area contributed by atoms with E-state index in [0.717, 1.165) is 109 Å².